The number of aromatic nitrogens is 2. The second-order valence-corrected chi connectivity index (χ2v) is 1.42. The SMILES string of the molecule is Nc1c(O)n[c-][nH]c1=O.[Pr]. The number of nitrogens with two attached hydrogens (primary N) is 1. The van der Waals surface area contributed by atoms with E-state index >= 15 is 0 Å². The zero-order valence-electron chi connectivity index (χ0n) is 4.96. The molecule has 0 fully saturated rings. The first kappa shape index (κ1) is 9.84. The van der Waals surface area contributed by atoms with Gasteiger partial charge in [0, 0.05) is 53.3 Å². The van der Waals surface area contributed by atoms with E-state index in [9.17, 15) is 4.79 Å². The van der Waals surface area contributed by atoms with Crippen LogP contribution in [0.3, 0.4) is 0 Å². The number of anilines is 1. The van der Waals surface area contributed by atoms with E-state index in [1.165, 1.54) is 0 Å². The molecular weight excluding hydrogens is 263 g/mol. The number of rotatable bonds is 0. The quantitative estimate of drug-likeness (QED) is 0.518. The first-order valence-corrected chi connectivity index (χ1v) is 2.16. The Balaban J connectivity index is 0.000000810. The molecule has 6 heteroatoms. The molecule has 0 amide bonds. The van der Waals surface area contributed by atoms with Gasteiger partial charge in [-0.05, 0) is 0 Å². The van der Waals surface area contributed by atoms with Gasteiger partial charge < -0.3 is 25.6 Å². The monoisotopic (exact) mass is 267 g/mol. The molecular formula is C4H4N3O2Pr-. The summed E-state index contributed by atoms with van der Waals surface area (Å²) in [6, 6.07) is 0. The van der Waals surface area contributed by atoms with E-state index in [2.05, 4.69) is 16.3 Å². The molecule has 10 heavy (non-hydrogen) atoms. The minimum Gasteiger partial charge on any atom is -0.549 e. The fraction of sp³-hybridized carbons (Fsp3) is 0. The molecule has 0 aliphatic rings. The van der Waals surface area contributed by atoms with Gasteiger partial charge in [-0.25, -0.2) is 0 Å². The third-order valence-corrected chi connectivity index (χ3v) is 0.817. The van der Waals surface area contributed by atoms with Crippen LogP contribution in [0.2, 0.25) is 0 Å². The van der Waals surface area contributed by atoms with Crippen molar-refractivity contribution in [3.8, 4) is 5.88 Å². The zero-order valence-corrected chi connectivity index (χ0v) is 8.66. The molecule has 1 rings (SSSR count). The van der Waals surface area contributed by atoms with E-state index in [0.29, 0.717) is 0 Å². The maximum absolute atomic E-state index is 10.4. The van der Waals surface area contributed by atoms with Crippen LogP contribution in [0.5, 0.6) is 5.88 Å². The molecule has 0 saturated heterocycles. The Morgan fingerprint density at radius 2 is 2.30 bits per heavy atom. The minimum atomic E-state index is -0.581. The van der Waals surface area contributed by atoms with Gasteiger partial charge in [0.2, 0.25) is 0 Å². The Labute approximate surface area is 89.6 Å². The maximum atomic E-state index is 10.4. The fourth-order valence-corrected chi connectivity index (χ4v) is 0.361. The molecule has 1 heterocycles. The van der Waals surface area contributed by atoms with E-state index < -0.39 is 11.4 Å². The summed E-state index contributed by atoms with van der Waals surface area (Å²) in [5.41, 5.74) is 4.14. The summed E-state index contributed by atoms with van der Waals surface area (Å²) in [5, 5.41) is 8.61. The van der Waals surface area contributed by atoms with Gasteiger partial charge in [0.1, 0.15) is 5.88 Å². The molecule has 0 spiro atoms. The summed E-state index contributed by atoms with van der Waals surface area (Å²) in [7, 11) is 0. The van der Waals surface area contributed by atoms with Gasteiger partial charge >= 0.3 is 0 Å². The average Bonchev–Trinajstić information content (AvgIpc) is 1.83. The Hall–Kier alpha value is -0.156. The normalized spacial score (nSPS) is 8.40. The summed E-state index contributed by atoms with van der Waals surface area (Å²) in [5.74, 6) is -0.487. The van der Waals surface area contributed by atoms with Crippen LogP contribution in [-0.4, -0.2) is 15.1 Å². The standard InChI is InChI=1S/C4H4N3O2.Pr/c5-2-3(8)6-1-7-4(2)9;/h5H2,(H2,6,7,8,9);/q-1;. The van der Waals surface area contributed by atoms with Crippen molar-refractivity contribution < 1.29 is 46.4 Å². The summed E-state index contributed by atoms with van der Waals surface area (Å²) < 4.78 is 0. The number of nitrogens with one attached hydrogen (secondary N) is 1. The van der Waals surface area contributed by atoms with Crippen LogP contribution in [0.15, 0.2) is 4.79 Å². The largest absolute Gasteiger partial charge is 0.549 e. The second-order valence-electron chi connectivity index (χ2n) is 1.42. The molecule has 1 aromatic rings. The van der Waals surface area contributed by atoms with Gasteiger partial charge in [0.25, 0.3) is 0 Å². The summed E-state index contributed by atoms with van der Waals surface area (Å²) in [6.07, 6.45) is 2.05. The molecule has 0 aromatic carbocycles. The molecule has 51 valence electrons. The predicted molar refractivity (Wildman–Crippen MR) is 29.8 cm³/mol. The van der Waals surface area contributed by atoms with Crippen LogP contribution in [0, 0.1) is 47.6 Å². The molecule has 0 atom stereocenters. The van der Waals surface area contributed by atoms with Crippen LogP contribution < -0.4 is 11.3 Å². The predicted octanol–water partition coefficient (Wildman–Crippen LogP) is -1.14. The number of aromatic hydroxyl groups is 1. The molecule has 0 saturated carbocycles. The van der Waals surface area contributed by atoms with Gasteiger partial charge in [-0.15, -0.1) is 0 Å². The first-order chi connectivity index (χ1) is 4.22. The Bertz CT molecular complexity index is 271. The maximum Gasteiger partial charge on any atom is 0.162 e. The van der Waals surface area contributed by atoms with E-state index in [1.807, 2.05) is 0 Å². The van der Waals surface area contributed by atoms with Crippen molar-refractivity contribution in [1.82, 2.24) is 9.97 Å². The summed E-state index contributed by atoms with van der Waals surface area (Å²) in [6.45, 7) is 0. The van der Waals surface area contributed by atoms with Crippen LogP contribution >= 0.6 is 0 Å². The molecule has 4 N–H and O–H groups in total. The summed E-state index contributed by atoms with van der Waals surface area (Å²) in [4.78, 5) is 15.7. The third kappa shape index (κ3) is 1.92. The minimum absolute atomic E-state index is 0. The van der Waals surface area contributed by atoms with Gasteiger partial charge in [0.05, 0.1) is 0 Å². The Kier molecular flexibility index (Phi) is 3.82. The van der Waals surface area contributed by atoms with Crippen molar-refractivity contribution in [1.29, 1.82) is 0 Å². The number of hydrogen-bond acceptors (Lipinski definition) is 4. The fourth-order valence-electron chi connectivity index (χ4n) is 0.361. The topological polar surface area (TPSA) is 92.0 Å². The van der Waals surface area contributed by atoms with Gasteiger partial charge in [-0.1, -0.05) is 0 Å². The smallest absolute Gasteiger partial charge is 0.162 e. The molecule has 0 unspecified atom stereocenters. The van der Waals surface area contributed by atoms with Gasteiger partial charge in [-0.2, -0.15) is 0 Å². The van der Waals surface area contributed by atoms with E-state index in [1.54, 1.807) is 0 Å². The van der Waals surface area contributed by atoms with Gasteiger partial charge in [0.15, 0.2) is 5.56 Å². The number of H-pyrrole nitrogens is 1. The number of hydrogen-bond donors (Lipinski definition) is 3. The Morgan fingerprint density at radius 1 is 1.70 bits per heavy atom. The first-order valence-electron chi connectivity index (χ1n) is 2.16. The zero-order chi connectivity index (χ0) is 6.85. The van der Waals surface area contributed by atoms with Crippen LogP contribution in [0.25, 0.3) is 0 Å². The van der Waals surface area contributed by atoms with Crippen molar-refractivity contribution in [2.45, 2.75) is 0 Å². The molecule has 0 aliphatic heterocycles. The van der Waals surface area contributed by atoms with E-state index in [4.69, 9.17) is 10.8 Å². The van der Waals surface area contributed by atoms with Crippen LogP contribution in [0.4, 0.5) is 5.69 Å². The van der Waals surface area contributed by atoms with Crippen molar-refractivity contribution in [2.75, 3.05) is 5.73 Å². The second kappa shape index (κ2) is 3.88. The number of aromatic amines is 1. The van der Waals surface area contributed by atoms with E-state index in [-0.39, 0.29) is 47.0 Å². The Morgan fingerprint density at radius 3 is 2.70 bits per heavy atom. The average molecular weight is 267 g/mol. The van der Waals surface area contributed by atoms with Crippen molar-refractivity contribution in [3.63, 3.8) is 0 Å². The number of nitrogen functional groups attached to an aromatic ring is 1. The molecule has 1 aromatic heterocycles. The molecule has 0 aliphatic carbocycles. The molecule has 1 radical (unpaired) electrons. The molecule has 5 nitrogen and oxygen atoms in total. The van der Waals surface area contributed by atoms with Crippen LogP contribution in [-0.2, 0) is 0 Å². The number of nitrogens with zero attached hydrogens (tertiary/aromatic N) is 1. The van der Waals surface area contributed by atoms with Crippen molar-refractivity contribution in [3.05, 3.63) is 16.7 Å². The van der Waals surface area contributed by atoms with Gasteiger partial charge in [-0.3, -0.25) is 0 Å². The van der Waals surface area contributed by atoms with Crippen molar-refractivity contribution in [2.24, 2.45) is 0 Å². The molecule has 0 bridgehead atoms. The van der Waals surface area contributed by atoms with Crippen molar-refractivity contribution >= 4 is 5.69 Å². The van der Waals surface area contributed by atoms with E-state index in [0.717, 1.165) is 0 Å². The van der Waals surface area contributed by atoms with Crippen LogP contribution in [0.1, 0.15) is 0 Å². The summed E-state index contributed by atoms with van der Waals surface area (Å²) >= 11 is 0. The third-order valence-electron chi connectivity index (χ3n) is 0.817.